The zero-order valence-corrected chi connectivity index (χ0v) is 10.7. The first kappa shape index (κ1) is 14.1. The van der Waals surface area contributed by atoms with E-state index >= 15 is 0 Å². The van der Waals surface area contributed by atoms with Crippen molar-refractivity contribution in [2.45, 2.75) is 13.0 Å². The van der Waals surface area contributed by atoms with E-state index in [1.54, 1.807) is 25.1 Å². The number of amides is 3. The number of nitrogens with one attached hydrogen (secondary N) is 2. The van der Waals surface area contributed by atoms with Gasteiger partial charge in [-0.1, -0.05) is 11.6 Å². The molecule has 1 atom stereocenters. The number of urea groups is 1. The predicted molar refractivity (Wildman–Crippen MR) is 68.8 cm³/mol. The molecule has 0 aliphatic carbocycles. The molecule has 0 spiro atoms. The largest absolute Gasteiger partial charge is 0.495 e. The monoisotopic (exact) mass is 271 g/mol. The molecule has 98 valence electrons. The van der Waals surface area contributed by atoms with Gasteiger partial charge in [-0.2, -0.15) is 0 Å². The summed E-state index contributed by atoms with van der Waals surface area (Å²) < 4.78 is 5.05. The third kappa shape index (κ3) is 3.81. The van der Waals surface area contributed by atoms with E-state index in [4.69, 9.17) is 22.1 Å². The van der Waals surface area contributed by atoms with Crippen molar-refractivity contribution >= 4 is 29.2 Å². The molecule has 0 fully saturated rings. The van der Waals surface area contributed by atoms with Gasteiger partial charge < -0.3 is 15.8 Å². The first-order valence-electron chi connectivity index (χ1n) is 5.14. The number of anilines is 1. The van der Waals surface area contributed by atoms with Crippen molar-refractivity contribution in [3.63, 3.8) is 0 Å². The van der Waals surface area contributed by atoms with Gasteiger partial charge in [-0.15, -0.1) is 0 Å². The molecule has 0 saturated heterocycles. The molecule has 1 unspecified atom stereocenters. The SMILES string of the molecule is COc1cc(NC(C)C(=O)NC(N)=O)ccc1Cl. The van der Waals surface area contributed by atoms with E-state index in [0.29, 0.717) is 16.5 Å². The van der Waals surface area contributed by atoms with Crippen LogP contribution in [0.5, 0.6) is 5.75 Å². The fraction of sp³-hybridized carbons (Fsp3) is 0.273. The quantitative estimate of drug-likeness (QED) is 0.770. The summed E-state index contributed by atoms with van der Waals surface area (Å²) in [5.74, 6) is -0.0272. The number of carbonyl (C=O) groups is 2. The summed E-state index contributed by atoms with van der Waals surface area (Å²) in [5.41, 5.74) is 5.50. The van der Waals surface area contributed by atoms with Crippen molar-refractivity contribution in [2.24, 2.45) is 5.73 Å². The Hall–Kier alpha value is -1.95. The Morgan fingerprint density at radius 3 is 2.67 bits per heavy atom. The number of benzene rings is 1. The van der Waals surface area contributed by atoms with Crippen LogP contribution in [0.2, 0.25) is 5.02 Å². The lowest BCUT2D eigenvalue weighted by Crippen LogP contribution is -2.43. The highest BCUT2D eigenvalue weighted by Gasteiger charge is 2.14. The van der Waals surface area contributed by atoms with Gasteiger partial charge in [-0.25, -0.2) is 4.79 Å². The molecule has 18 heavy (non-hydrogen) atoms. The molecular formula is C11H14ClN3O3. The molecule has 4 N–H and O–H groups in total. The number of primary amides is 1. The molecule has 0 aromatic heterocycles. The Morgan fingerprint density at radius 1 is 1.44 bits per heavy atom. The van der Waals surface area contributed by atoms with Gasteiger partial charge in [0.05, 0.1) is 12.1 Å². The van der Waals surface area contributed by atoms with Crippen molar-refractivity contribution in [2.75, 3.05) is 12.4 Å². The molecule has 3 amide bonds. The van der Waals surface area contributed by atoms with Crippen molar-refractivity contribution in [3.8, 4) is 5.75 Å². The highest BCUT2D eigenvalue weighted by molar-refractivity contribution is 6.32. The second kappa shape index (κ2) is 6.11. The van der Waals surface area contributed by atoms with Crippen LogP contribution in [0, 0.1) is 0 Å². The number of methoxy groups -OCH3 is 1. The van der Waals surface area contributed by atoms with Crippen LogP contribution in [0.25, 0.3) is 0 Å². The number of halogens is 1. The highest BCUT2D eigenvalue weighted by atomic mass is 35.5. The van der Waals surface area contributed by atoms with Crippen LogP contribution in [0.3, 0.4) is 0 Å². The number of ether oxygens (including phenoxy) is 1. The topological polar surface area (TPSA) is 93.4 Å². The molecule has 0 radical (unpaired) electrons. The third-order valence-corrected chi connectivity index (χ3v) is 2.49. The predicted octanol–water partition coefficient (Wildman–Crippen LogP) is 1.34. The molecule has 0 bridgehead atoms. The number of carbonyl (C=O) groups excluding carboxylic acids is 2. The highest BCUT2D eigenvalue weighted by Crippen LogP contribution is 2.27. The fourth-order valence-electron chi connectivity index (χ4n) is 1.29. The van der Waals surface area contributed by atoms with Crippen LogP contribution in [-0.4, -0.2) is 25.1 Å². The molecule has 1 aromatic carbocycles. The molecule has 0 aliphatic rings. The zero-order chi connectivity index (χ0) is 13.7. The number of imide groups is 1. The number of hydrogen-bond acceptors (Lipinski definition) is 4. The van der Waals surface area contributed by atoms with Gasteiger partial charge in [0.25, 0.3) is 0 Å². The fourth-order valence-corrected chi connectivity index (χ4v) is 1.49. The van der Waals surface area contributed by atoms with Gasteiger partial charge in [0.1, 0.15) is 11.8 Å². The van der Waals surface area contributed by atoms with Crippen LogP contribution < -0.4 is 21.1 Å². The van der Waals surface area contributed by atoms with Crippen LogP contribution in [0.1, 0.15) is 6.92 Å². The van der Waals surface area contributed by atoms with Gasteiger partial charge in [-0.05, 0) is 19.1 Å². The van der Waals surface area contributed by atoms with Crippen molar-refractivity contribution < 1.29 is 14.3 Å². The second-order valence-electron chi connectivity index (χ2n) is 3.57. The lowest BCUT2D eigenvalue weighted by Gasteiger charge is -2.15. The standard InChI is InChI=1S/C11H14ClN3O3/c1-6(10(16)15-11(13)17)14-7-3-4-8(12)9(5-7)18-2/h3-6,14H,1-2H3,(H3,13,15,16,17). The Bertz CT molecular complexity index is 465. The molecule has 0 heterocycles. The van der Waals surface area contributed by atoms with E-state index in [0.717, 1.165) is 0 Å². The van der Waals surface area contributed by atoms with Crippen molar-refractivity contribution in [1.82, 2.24) is 5.32 Å². The lowest BCUT2D eigenvalue weighted by molar-refractivity contribution is -0.120. The molecule has 0 aliphatic heterocycles. The summed E-state index contributed by atoms with van der Waals surface area (Å²) in [6.45, 7) is 1.60. The van der Waals surface area contributed by atoms with Gasteiger partial charge in [0.2, 0.25) is 5.91 Å². The Balaban J connectivity index is 2.72. The van der Waals surface area contributed by atoms with Crippen LogP contribution in [0.4, 0.5) is 10.5 Å². The first-order valence-corrected chi connectivity index (χ1v) is 5.52. The van der Waals surface area contributed by atoms with Gasteiger partial charge in [0.15, 0.2) is 0 Å². The Morgan fingerprint density at radius 2 is 2.11 bits per heavy atom. The lowest BCUT2D eigenvalue weighted by atomic mass is 10.2. The van der Waals surface area contributed by atoms with Gasteiger partial charge >= 0.3 is 6.03 Å². The second-order valence-corrected chi connectivity index (χ2v) is 3.98. The molecule has 0 saturated carbocycles. The Kier molecular flexibility index (Phi) is 4.79. The summed E-state index contributed by atoms with van der Waals surface area (Å²) in [5, 5.41) is 5.34. The third-order valence-electron chi connectivity index (χ3n) is 2.17. The van der Waals surface area contributed by atoms with Crippen LogP contribution >= 0.6 is 11.6 Å². The minimum absolute atomic E-state index is 0.470. The minimum atomic E-state index is -0.887. The number of nitrogens with two attached hydrogens (primary N) is 1. The first-order chi connectivity index (χ1) is 8.43. The summed E-state index contributed by atoms with van der Waals surface area (Å²) in [6, 6.07) is 3.47. The maximum absolute atomic E-state index is 11.4. The zero-order valence-electron chi connectivity index (χ0n) is 9.99. The molecule has 1 aromatic rings. The van der Waals surface area contributed by atoms with Gasteiger partial charge in [-0.3, -0.25) is 10.1 Å². The van der Waals surface area contributed by atoms with E-state index < -0.39 is 18.0 Å². The summed E-state index contributed by atoms with van der Waals surface area (Å²) in [7, 11) is 1.49. The average molecular weight is 272 g/mol. The maximum atomic E-state index is 11.4. The van der Waals surface area contributed by atoms with Gasteiger partial charge in [0, 0.05) is 11.8 Å². The van der Waals surface area contributed by atoms with E-state index in [1.807, 2.05) is 5.32 Å². The smallest absolute Gasteiger partial charge is 0.318 e. The summed E-state index contributed by atoms with van der Waals surface area (Å²) in [4.78, 5) is 22.0. The maximum Gasteiger partial charge on any atom is 0.318 e. The van der Waals surface area contributed by atoms with Crippen LogP contribution in [0.15, 0.2) is 18.2 Å². The molecule has 6 nitrogen and oxygen atoms in total. The van der Waals surface area contributed by atoms with Crippen molar-refractivity contribution in [1.29, 1.82) is 0 Å². The normalized spacial score (nSPS) is 11.5. The summed E-state index contributed by atoms with van der Waals surface area (Å²) >= 11 is 5.87. The van der Waals surface area contributed by atoms with Crippen molar-refractivity contribution in [3.05, 3.63) is 23.2 Å². The van der Waals surface area contributed by atoms with Crippen LogP contribution in [-0.2, 0) is 4.79 Å². The minimum Gasteiger partial charge on any atom is -0.495 e. The Labute approximate surface area is 109 Å². The molecular weight excluding hydrogens is 258 g/mol. The summed E-state index contributed by atoms with van der Waals surface area (Å²) in [6.07, 6.45) is 0. The van der Waals surface area contributed by atoms with E-state index in [9.17, 15) is 9.59 Å². The van der Waals surface area contributed by atoms with E-state index in [1.165, 1.54) is 7.11 Å². The van der Waals surface area contributed by atoms with E-state index in [-0.39, 0.29) is 0 Å². The molecule has 7 heteroatoms. The van der Waals surface area contributed by atoms with E-state index in [2.05, 4.69) is 5.32 Å². The molecule has 1 rings (SSSR count). The number of rotatable bonds is 4. The number of hydrogen-bond donors (Lipinski definition) is 3. The average Bonchev–Trinajstić information content (AvgIpc) is 2.30.